The van der Waals surface area contributed by atoms with E-state index in [2.05, 4.69) is 0 Å². The zero-order valence-corrected chi connectivity index (χ0v) is 16.3. The lowest BCUT2D eigenvalue weighted by Gasteiger charge is -2.40. The number of rotatable bonds is 4. The maximum atomic E-state index is 13.5. The van der Waals surface area contributed by atoms with Crippen LogP contribution in [0.25, 0.3) is 0 Å². The minimum atomic E-state index is -0.651. The Morgan fingerprint density at radius 2 is 1.79 bits per heavy atom. The van der Waals surface area contributed by atoms with Gasteiger partial charge in [-0.3, -0.25) is 9.59 Å². The summed E-state index contributed by atoms with van der Waals surface area (Å²) in [7, 11) is 0. The van der Waals surface area contributed by atoms with Crippen LogP contribution in [-0.4, -0.2) is 30.1 Å². The van der Waals surface area contributed by atoms with E-state index >= 15 is 0 Å². The van der Waals surface area contributed by atoms with Crippen molar-refractivity contribution in [2.45, 2.75) is 12.6 Å². The second-order valence-electron chi connectivity index (χ2n) is 6.89. The molecule has 1 saturated heterocycles. The number of amides is 2. The number of carbonyl (C=O) groups excluding carboxylic acids is 2. The molecule has 1 unspecified atom stereocenters. The van der Waals surface area contributed by atoms with Gasteiger partial charge in [0.25, 0.3) is 5.91 Å². The summed E-state index contributed by atoms with van der Waals surface area (Å²) in [6.07, 6.45) is 0. The van der Waals surface area contributed by atoms with Gasteiger partial charge in [-0.15, -0.1) is 11.3 Å². The second-order valence-corrected chi connectivity index (χ2v) is 7.87. The molecule has 1 atom stereocenters. The van der Waals surface area contributed by atoms with E-state index in [1.807, 2.05) is 66.0 Å². The summed E-state index contributed by atoms with van der Waals surface area (Å²) >= 11 is 1.48. The average Bonchev–Trinajstić information content (AvgIpc) is 3.43. The predicted molar refractivity (Wildman–Crippen MR) is 109 cm³/mol. The molecule has 0 spiro atoms. The van der Waals surface area contributed by atoms with Crippen LogP contribution in [-0.2, 0) is 16.1 Å². The fourth-order valence-electron chi connectivity index (χ4n) is 3.69. The van der Waals surface area contributed by atoms with Gasteiger partial charge in [0.1, 0.15) is 12.6 Å². The molecule has 0 aliphatic carbocycles. The van der Waals surface area contributed by atoms with Gasteiger partial charge in [-0.25, -0.2) is 0 Å². The molecule has 2 aliphatic rings. The first-order valence-corrected chi connectivity index (χ1v) is 10.2. The molecule has 6 nitrogen and oxygen atoms in total. The van der Waals surface area contributed by atoms with Crippen LogP contribution in [0.2, 0.25) is 0 Å². The average molecular weight is 406 g/mol. The highest BCUT2D eigenvalue weighted by atomic mass is 32.1. The molecular formula is C22H18N2O4S. The number of fused-ring (bicyclic) bond motifs is 1. The first-order valence-electron chi connectivity index (χ1n) is 9.28. The van der Waals surface area contributed by atoms with Crippen molar-refractivity contribution in [3.63, 3.8) is 0 Å². The number of hydrogen-bond acceptors (Lipinski definition) is 5. The Bertz CT molecular complexity index is 1050. The van der Waals surface area contributed by atoms with Crippen LogP contribution in [0.1, 0.15) is 16.5 Å². The van der Waals surface area contributed by atoms with E-state index in [-0.39, 0.29) is 25.2 Å². The van der Waals surface area contributed by atoms with Crippen LogP contribution in [0.3, 0.4) is 0 Å². The van der Waals surface area contributed by atoms with Crippen molar-refractivity contribution >= 4 is 28.8 Å². The highest BCUT2D eigenvalue weighted by Crippen LogP contribution is 2.36. The molecule has 1 fully saturated rings. The third-order valence-corrected chi connectivity index (χ3v) is 6.02. The molecule has 29 heavy (non-hydrogen) atoms. The molecule has 146 valence electrons. The van der Waals surface area contributed by atoms with E-state index < -0.39 is 6.04 Å². The molecule has 7 heteroatoms. The van der Waals surface area contributed by atoms with Crippen LogP contribution >= 0.6 is 11.3 Å². The largest absolute Gasteiger partial charge is 0.454 e. The maximum Gasteiger partial charge on any atom is 0.255 e. The smallest absolute Gasteiger partial charge is 0.255 e. The fourth-order valence-corrected chi connectivity index (χ4v) is 4.52. The summed E-state index contributed by atoms with van der Waals surface area (Å²) in [4.78, 5) is 30.7. The highest BCUT2D eigenvalue weighted by molar-refractivity contribution is 7.10. The Morgan fingerprint density at radius 1 is 0.966 bits per heavy atom. The minimum Gasteiger partial charge on any atom is -0.454 e. The van der Waals surface area contributed by atoms with Crippen LogP contribution in [0.5, 0.6) is 11.5 Å². The Balaban J connectivity index is 1.49. The van der Waals surface area contributed by atoms with Crippen LogP contribution in [0.15, 0.2) is 66.0 Å². The van der Waals surface area contributed by atoms with E-state index in [0.717, 1.165) is 16.1 Å². The maximum absolute atomic E-state index is 13.5. The molecule has 2 amide bonds. The van der Waals surface area contributed by atoms with Gasteiger partial charge in [0.15, 0.2) is 11.5 Å². The number of nitrogens with zero attached hydrogens (tertiary/aromatic N) is 2. The molecule has 0 saturated carbocycles. The summed E-state index contributed by atoms with van der Waals surface area (Å²) in [5.74, 6) is 1.17. The first-order chi connectivity index (χ1) is 14.2. The van der Waals surface area contributed by atoms with Crippen molar-refractivity contribution in [3.05, 3.63) is 76.5 Å². The van der Waals surface area contributed by atoms with Crippen molar-refractivity contribution in [2.24, 2.45) is 0 Å². The summed E-state index contributed by atoms with van der Waals surface area (Å²) in [5, 5.41) is 1.92. The molecule has 0 N–H and O–H groups in total. The Hall–Kier alpha value is -3.32. The van der Waals surface area contributed by atoms with Crippen LogP contribution in [0.4, 0.5) is 5.69 Å². The molecule has 3 heterocycles. The first kappa shape index (κ1) is 17.8. The van der Waals surface area contributed by atoms with Crippen LogP contribution < -0.4 is 14.4 Å². The van der Waals surface area contributed by atoms with E-state index in [1.54, 1.807) is 9.80 Å². The SMILES string of the molecule is O=C1C(c2cccs2)N(Cc2ccc3c(c2)OCO3)C(=O)CN1c1ccccc1. The molecule has 5 rings (SSSR count). The minimum absolute atomic E-state index is 0.0231. The highest BCUT2D eigenvalue weighted by Gasteiger charge is 2.41. The normalized spacial score (nSPS) is 18.4. The van der Waals surface area contributed by atoms with Crippen molar-refractivity contribution in [3.8, 4) is 11.5 Å². The van der Waals surface area contributed by atoms with E-state index in [1.165, 1.54) is 11.3 Å². The lowest BCUT2D eigenvalue weighted by molar-refractivity contribution is -0.144. The number of ether oxygens (including phenoxy) is 2. The number of carbonyl (C=O) groups is 2. The van der Waals surface area contributed by atoms with E-state index in [0.29, 0.717) is 18.0 Å². The molecule has 0 bridgehead atoms. The lowest BCUT2D eigenvalue weighted by Crippen LogP contribution is -2.55. The number of anilines is 1. The summed E-state index contributed by atoms with van der Waals surface area (Å²) < 4.78 is 10.8. The second kappa shape index (κ2) is 7.25. The van der Waals surface area contributed by atoms with Gasteiger partial charge in [0.2, 0.25) is 12.7 Å². The number of benzene rings is 2. The van der Waals surface area contributed by atoms with Gasteiger partial charge in [0, 0.05) is 17.1 Å². The fraction of sp³-hybridized carbons (Fsp3) is 0.182. The third kappa shape index (κ3) is 3.23. The zero-order valence-electron chi connectivity index (χ0n) is 15.5. The molecular weight excluding hydrogens is 388 g/mol. The molecule has 2 aliphatic heterocycles. The van der Waals surface area contributed by atoms with Gasteiger partial charge >= 0.3 is 0 Å². The Labute approximate surface area is 171 Å². The zero-order chi connectivity index (χ0) is 19.8. The lowest BCUT2D eigenvalue weighted by atomic mass is 10.1. The molecule has 1 aromatic heterocycles. The summed E-state index contributed by atoms with van der Waals surface area (Å²) in [6.45, 7) is 0.547. The van der Waals surface area contributed by atoms with Gasteiger partial charge in [-0.2, -0.15) is 0 Å². The standard InChI is InChI=1S/C22H18N2O4S/c25-20-13-23(16-5-2-1-3-6-16)22(26)21(19-7-4-10-29-19)24(20)12-15-8-9-17-18(11-15)28-14-27-17/h1-11,21H,12-14H2. The van der Waals surface area contributed by atoms with Crippen molar-refractivity contribution in [1.29, 1.82) is 0 Å². The van der Waals surface area contributed by atoms with Crippen molar-refractivity contribution in [2.75, 3.05) is 18.2 Å². The van der Waals surface area contributed by atoms with Crippen molar-refractivity contribution in [1.82, 2.24) is 4.90 Å². The number of thiophene rings is 1. The predicted octanol–water partition coefficient (Wildman–Crippen LogP) is 3.59. The number of hydrogen-bond donors (Lipinski definition) is 0. The monoisotopic (exact) mass is 406 g/mol. The Morgan fingerprint density at radius 3 is 2.59 bits per heavy atom. The van der Waals surface area contributed by atoms with Crippen LogP contribution in [0, 0.1) is 0 Å². The Kier molecular flexibility index (Phi) is 4.44. The van der Waals surface area contributed by atoms with E-state index in [4.69, 9.17) is 9.47 Å². The quantitative estimate of drug-likeness (QED) is 0.664. The van der Waals surface area contributed by atoms with Gasteiger partial charge in [0.05, 0.1) is 0 Å². The van der Waals surface area contributed by atoms with Crippen molar-refractivity contribution < 1.29 is 19.1 Å². The number of para-hydroxylation sites is 1. The van der Waals surface area contributed by atoms with Gasteiger partial charge < -0.3 is 19.3 Å². The topological polar surface area (TPSA) is 59.1 Å². The number of piperazine rings is 1. The molecule has 2 aromatic carbocycles. The van der Waals surface area contributed by atoms with E-state index in [9.17, 15) is 9.59 Å². The third-order valence-electron chi connectivity index (χ3n) is 5.10. The van der Waals surface area contributed by atoms with Gasteiger partial charge in [-0.1, -0.05) is 30.3 Å². The molecule has 0 radical (unpaired) electrons. The summed E-state index contributed by atoms with van der Waals surface area (Å²) in [6, 6.07) is 18.1. The summed E-state index contributed by atoms with van der Waals surface area (Å²) in [5.41, 5.74) is 1.63. The molecule has 3 aromatic rings. The van der Waals surface area contributed by atoms with Gasteiger partial charge in [-0.05, 0) is 41.3 Å².